The lowest BCUT2D eigenvalue weighted by Gasteiger charge is -1.92. The summed E-state index contributed by atoms with van der Waals surface area (Å²) in [4.78, 5) is 0. The van der Waals surface area contributed by atoms with Crippen molar-refractivity contribution in [2.45, 2.75) is 55.4 Å². The fraction of sp³-hybridized carbons (Fsp3) is 0.474. The largest absolute Gasteiger partial charge is 0.286 e. The van der Waals surface area contributed by atoms with Crippen LogP contribution in [0.15, 0.2) is 48.5 Å². The number of fused-ring (bicyclic) bond motifs is 1. The maximum Gasteiger partial charge on any atom is 0.261 e. The number of rotatable bonds is 0. The Morgan fingerprint density at radius 3 is 0.913 bits per heavy atom. The average molecular weight is 399 g/mol. The molecule has 0 aliphatic heterocycles. The lowest BCUT2D eigenvalue weighted by molar-refractivity contribution is 0.490. The maximum atomic E-state index is 9.19. The first kappa shape index (κ1) is 29.6. The molecule has 0 aromatic heterocycles. The topological polar surface area (TPSA) is 54.4 Å². The fourth-order valence-corrected chi connectivity index (χ4v) is 1.13. The molecule has 0 fully saturated rings. The van der Waals surface area contributed by atoms with Crippen molar-refractivity contribution in [2.75, 3.05) is 6.26 Å². The number of benzene rings is 2. The summed E-state index contributed by atoms with van der Waals surface area (Å²) in [6.45, 7) is 16.0. The molecule has 3 nitrogen and oxygen atoms in total. The van der Waals surface area contributed by atoms with Crippen LogP contribution in [0.4, 0.5) is 0 Å². The highest BCUT2D eigenvalue weighted by Crippen LogP contribution is 2.11. The van der Waals surface area contributed by atoms with E-state index in [0.717, 1.165) is 0 Å². The monoisotopic (exact) mass is 399 g/mol. The van der Waals surface area contributed by atoms with Gasteiger partial charge >= 0.3 is 0 Å². The van der Waals surface area contributed by atoms with Gasteiger partial charge in [-0.2, -0.15) is 8.42 Å². The molecule has 0 amide bonds. The molecule has 0 atom stereocenters. The summed E-state index contributed by atoms with van der Waals surface area (Å²) in [6.07, 6.45) is 0.715. The van der Waals surface area contributed by atoms with Crippen LogP contribution in [0.2, 0.25) is 0 Å². The van der Waals surface area contributed by atoms with Gasteiger partial charge in [0.25, 0.3) is 10.1 Å². The Hall–Kier alpha value is -1.39. The molecule has 0 saturated heterocycles. The van der Waals surface area contributed by atoms with Gasteiger partial charge in [-0.15, -0.1) is 0 Å². The zero-order valence-corrected chi connectivity index (χ0v) is 17.1. The van der Waals surface area contributed by atoms with E-state index in [9.17, 15) is 8.42 Å². The third kappa shape index (κ3) is 25.9. The van der Waals surface area contributed by atoms with E-state index in [2.05, 4.69) is 48.5 Å². The number of hydrogen-bond donors (Lipinski definition) is 1. The van der Waals surface area contributed by atoms with E-state index in [1.54, 1.807) is 0 Å². The van der Waals surface area contributed by atoms with Crippen molar-refractivity contribution in [1.82, 2.24) is 0 Å². The van der Waals surface area contributed by atoms with Gasteiger partial charge in [0.2, 0.25) is 0 Å². The Labute approximate surface area is 184 Å². The molecule has 2 aromatic carbocycles. The maximum absolute atomic E-state index is 9.19. The Morgan fingerprint density at radius 2 is 0.783 bits per heavy atom. The van der Waals surface area contributed by atoms with Crippen molar-refractivity contribution in [2.24, 2.45) is 0 Å². The van der Waals surface area contributed by atoms with Crippen molar-refractivity contribution in [3.8, 4) is 0 Å². The second kappa shape index (κ2) is 22.9. The third-order valence-corrected chi connectivity index (χ3v) is 1.66. The molecule has 2 rings (SSSR count). The van der Waals surface area contributed by atoms with Gasteiger partial charge in [-0.25, -0.2) is 0 Å². The van der Waals surface area contributed by atoms with Crippen molar-refractivity contribution < 1.29 is 51.5 Å². The molecular formula is C19H90O3S. The van der Waals surface area contributed by atoms with Crippen molar-refractivity contribution >= 4 is 20.9 Å². The molecule has 0 aliphatic carbocycles. The molecule has 190 valence electrons. The summed E-state index contributed by atoms with van der Waals surface area (Å²) < 4.78 is 25.9. The van der Waals surface area contributed by atoms with E-state index in [4.69, 9.17) is 4.55 Å². The van der Waals surface area contributed by atoms with Crippen molar-refractivity contribution in [3.63, 3.8) is 0 Å². The molecule has 0 radical (unpaired) electrons. The molecule has 0 aliphatic rings. The fourth-order valence-electron chi connectivity index (χ4n) is 1.13. The van der Waals surface area contributed by atoms with Gasteiger partial charge < -0.3 is 0 Å². The highest BCUT2D eigenvalue weighted by molar-refractivity contribution is 7.85. The SMILES string of the molecule is CC.CC.CC.CC.CS(=O)(=O)O.[HH].[HH].[HH].[HH].[HH].[HH].[HH].[HH].[HH].[HH].[HH].[HH].[HH].[HH].[HH].[HH].[HH].[HH].[HH].[HH].[HH].[HH].[HH].[HH].[HH].[HH].[HH].c1ccc2ccccc2c1. The molecule has 0 bridgehead atoms. The molecule has 0 heterocycles. The smallest absolute Gasteiger partial charge is 0.261 e. The molecule has 23 heavy (non-hydrogen) atoms. The summed E-state index contributed by atoms with van der Waals surface area (Å²) in [5, 5.41) is 2.62. The Kier molecular flexibility index (Phi) is 29.5. The van der Waals surface area contributed by atoms with E-state index < -0.39 is 10.1 Å². The van der Waals surface area contributed by atoms with Crippen LogP contribution < -0.4 is 0 Å². The van der Waals surface area contributed by atoms with Gasteiger partial charge in [0, 0.05) is 38.5 Å². The first-order valence-electron chi connectivity index (χ1n) is 8.33. The minimum absolute atomic E-state index is 0. The normalized spacial score (nSPS) is 7.91. The highest BCUT2D eigenvalue weighted by Gasteiger charge is 1.85. The van der Waals surface area contributed by atoms with Gasteiger partial charge in [0.1, 0.15) is 0 Å². The zero-order chi connectivity index (χ0) is 19.3. The van der Waals surface area contributed by atoms with Gasteiger partial charge in [-0.1, -0.05) is 104 Å². The van der Waals surface area contributed by atoms with Crippen LogP contribution in [0, 0.1) is 0 Å². The van der Waals surface area contributed by atoms with Crippen LogP contribution in [-0.4, -0.2) is 19.2 Å². The summed E-state index contributed by atoms with van der Waals surface area (Å²) in [6, 6.07) is 16.7. The van der Waals surface area contributed by atoms with Gasteiger partial charge in [0.15, 0.2) is 0 Å². The zero-order valence-electron chi connectivity index (χ0n) is 16.3. The predicted molar refractivity (Wildman–Crippen MR) is 164 cm³/mol. The lowest BCUT2D eigenvalue weighted by atomic mass is 10.1. The minimum atomic E-state index is -3.67. The Balaban J connectivity index is -0.00000000293. The van der Waals surface area contributed by atoms with Crippen LogP contribution in [0.1, 0.15) is 93.9 Å². The molecule has 0 saturated carbocycles. The van der Waals surface area contributed by atoms with Crippen LogP contribution in [0.25, 0.3) is 10.8 Å². The highest BCUT2D eigenvalue weighted by atomic mass is 32.2. The molecule has 0 spiro atoms. The summed E-state index contributed by atoms with van der Waals surface area (Å²) in [7, 11) is -3.67. The second-order valence-electron chi connectivity index (χ2n) is 3.08. The van der Waals surface area contributed by atoms with Crippen LogP contribution in [0.3, 0.4) is 0 Å². The van der Waals surface area contributed by atoms with E-state index in [1.807, 2.05) is 55.4 Å². The van der Waals surface area contributed by atoms with Gasteiger partial charge in [-0.3, -0.25) is 4.55 Å². The van der Waals surface area contributed by atoms with Gasteiger partial charge in [0.05, 0.1) is 6.26 Å². The average Bonchev–Trinajstić information content (AvgIpc) is 2.61. The van der Waals surface area contributed by atoms with E-state index in [0.29, 0.717) is 6.26 Å². The molecule has 2 aromatic rings. The third-order valence-electron chi connectivity index (χ3n) is 1.66. The van der Waals surface area contributed by atoms with Crippen LogP contribution >= 0.6 is 0 Å². The first-order chi connectivity index (χ1) is 11.0. The quantitative estimate of drug-likeness (QED) is 0.448. The Morgan fingerprint density at radius 1 is 0.652 bits per heavy atom. The second-order valence-corrected chi connectivity index (χ2v) is 4.55. The summed E-state index contributed by atoms with van der Waals surface area (Å²) >= 11 is 0. The van der Waals surface area contributed by atoms with Crippen molar-refractivity contribution in [3.05, 3.63) is 48.5 Å². The van der Waals surface area contributed by atoms with Crippen LogP contribution in [-0.2, 0) is 10.1 Å². The minimum Gasteiger partial charge on any atom is -0.286 e. The van der Waals surface area contributed by atoms with E-state index in [-0.39, 0.29) is 38.5 Å². The number of hydrogen-bond acceptors (Lipinski definition) is 2. The lowest BCUT2D eigenvalue weighted by Crippen LogP contribution is -1.88. The van der Waals surface area contributed by atoms with Crippen molar-refractivity contribution in [1.29, 1.82) is 0 Å². The predicted octanol–water partition coefficient (Wildman–Crippen LogP) is 13.1. The van der Waals surface area contributed by atoms with Crippen LogP contribution in [0.5, 0.6) is 0 Å². The molecular weight excluding hydrogens is 308 g/mol. The molecule has 1 N–H and O–H groups in total. The summed E-state index contributed by atoms with van der Waals surface area (Å²) in [5.74, 6) is 0. The first-order valence-corrected chi connectivity index (χ1v) is 10.2. The van der Waals surface area contributed by atoms with E-state index in [1.165, 1.54) is 10.8 Å². The Bertz CT molecular complexity index is 511. The standard InChI is InChI=1S/C10H8.4C2H6.CH4O3S.27H2/c1-2-6-10-8-4-3-7-9(10)5-1;4*1-2;1-5(2,3)4;;;;;;;;;;;;;;;;;;;;;;;;;;;/h1-8H;4*1-2H3;1H3,(H,2,3,4);27*1H. The summed E-state index contributed by atoms with van der Waals surface area (Å²) in [5.41, 5.74) is 0. The van der Waals surface area contributed by atoms with E-state index >= 15 is 0 Å². The molecule has 4 heteroatoms. The molecule has 0 unspecified atom stereocenters. The van der Waals surface area contributed by atoms with Gasteiger partial charge in [-0.05, 0) is 10.8 Å².